The number of benzene rings is 1. The van der Waals surface area contributed by atoms with Gasteiger partial charge in [0.05, 0.1) is 6.26 Å². The van der Waals surface area contributed by atoms with Gasteiger partial charge in [-0.25, -0.2) is 0 Å². The Morgan fingerprint density at radius 3 is 2.77 bits per heavy atom. The number of hydrogen-bond donors (Lipinski definition) is 1. The van der Waals surface area contributed by atoms with E-state index in [0.29, 0.717) is 23.9 Å². The average molecular weight is 297 g/mol. The highest BCUT2D eigenvalue weighted by Crippen LogP contribution is 2.16. The highest BCUT2D eigenvalue weighted by molar-refractivity contribution is 5.90. The summed E-state index contributed by atoms with van der Waals surface area (Å²) < 4.78 is 10.3. The largest absolute Gasteiger partial charge is 0.461 e. The zero-order valence-electron chi connectivity index (χ0n) is 12.1. The predicted octanol–water partition coefficient (Wildman–Crippen LogP) is 3.21. The van der Waals surface area contributed by atoms with Crippen LogP contribution in [-0.4, -0.2) is 16.0 Å². The topological polar surface area (TPSA) is 81.2 Å². The van der Waals surface area contributed by atoms with Crippen molar-refractivity contribution in [2.45, 2.75) is 19.8 Å². The summed E-state index contributed by atoms with van der Waals surface area (Å²) in [5.74, 6) is 1.24. The first-order chi connectivity index (χ1) is 10.7. The lowest BCUT2D eigenvalue weighted by Crippen LogP contribution is -2.12. The lowest BCUT2D eigenvalue weighted by molar-refractivity contribution is -0.116. The Labute approximate surface area is 127 Å². The third kappa shape index (κ3) is 3.41. The van der Waals surface area contributed by atoms with Gasteiger partial charge in [0.1, 0.15) is 0 Å². The second-order valence-corrected chi connectivity index (χ2v) is 4.90. The molecule has 0 fully saturated rings. The second-order valence-electron chi connectivity index (χ2n) is 4.90. The molecule has 6 heteroatoms. The number of carbonyl (C=O) groups excluding carboxylic acids is 1. The lowest BCUT2D eigenvalue weighted by atomic mass is 10.2. The summed E-state index contributed by atoms with van der Waals surface area (Å²) >= 11 is 0. The molecule has 0 unspecified atom stereocenters. The second kappa shape index (κ2) is 6.26. The molecule has 0 bridgehead atoms. The van der Waals surface area contributed by atoms with E-state index < -0.39 is 0 Å². The summed E-state index contributed by atoms with van der Waals surface area (Å²) in [4.78, 5) is 16.1. The minimum Gasteiger partial charge on any atom is -0.461 e. The molecule has 1 aromatic carbocycles. The van der Waals surface area contributed by atoms with E-state index in [1.54, 1.807) is 18.4 Å². The summed E-state index contributed by atoms with van der Waals surface area (Å²) in [6.07, 6.45) is 2.19. The van der Waals surface area contributed by atoms with Gasteiger partial charge in [0.25, 0.3) is 0 Å². The molecule has 0 atom stereocenters. The van der Waals surface area contributed by atoms with E-state index in [1.807, 2.05) is 31.2 Å². The van der Waals surface area contributed by atoms with Crippen molar-refractivity contribution < 1.29 is 13.7 Å². The molecular formula is C16H15N3O3. The Morgan fingerprint density at radius 2 is 2.05 bits per heavy atom. The molecule has 1 N–H and O–H groups in total. The van der Waals surface area contributed by atoms with Crippen LogP contribution in [-0.2, 0) is 11.2 Å². The van der Waals surface area contributed by atoms with E-state index in [4.69, 9.17) is 8.94 Å². The summed E-state index contributed by atoms with van der Waals surface area (Å²) in [6.45, 7) is 2.00. The number of aromatic nitrogens is 2. The van der Waals surface area contributed by atoms with Crippen molar-refractivity contribution in [3.63, 3.8) is 0 Å². The molecule has 0 radical (unpaired) electrons. The van der Waals surface area contributed by atoms with Gasteiger partial charge in [-0.05, 0) is 31.2 Å². The van der Waals surface area contributed by atoms with Crippen LogP contribution in [0.1, 0.15) is 17.9 Å². The van der Waals surface area contributed by atoms with Gasteiger partial charge < -0.3 is 14.3 Å². The lowest BCUT2D eigenvalue weighted by Gasteiger charge is -2.04. The van der Waals surface area contributed by atoms with Crippen LogP contribution in [0.5, 0.6) is 0 Å². The van der Waals surface area contributed by atoms with E-state index in [0.717, 1.165) is 11.3 Å². The summed E-state index contributed by atoms with van der Waals surface area (Å²) in [5, 5.41) is 6.65. The molecule has 22 heavy (non-hydrogen) atoms. The van der Waals surface area contributed by atoms with Crippen molar-refractivity contribution in [3.05, 3.63) is 54.1 Å². The third-order valence-corrected chi connectivity index (χ3v) is 3.11. The maximum Gasteiger partial charge on any atom is 0.238 e. The van der Waals surface area contributed by atoms with Gasteiger partial charge in [0.15, 0.2) is 5.76 Å². The zero-order chi connectivity index (χ0) is 15.4. The SMILES string of the molecule is Cc1ccc(NC(=O)CCc2nc(-c3ccco3)no2)cc1. The summed E-state index contributed by atoms with van der Waals surface area (Å²) in [7, 11) is 0. The number of carbonyl (C=O) groups is 1. The molecule has 0 aliphatic carbocycles. The van der Waals surface area contributed by atoms with E-state index in [2.05, 4.69) is 15.5 Å². The Morgan fingerprint density at radius 1 is 1.23 bits per heavy atom. The number of furan rings is 1. The number of nitrogens with one attached hydrogen (secondary N) is 1. The minimum atomic E-state index is -0.0957. The summed E-state index contributed by atoms with van der Waals surface area (Å²) in [6, 6.07) is 11.1. The third-order valence-electron chi connectivity index (χ3n) is 3.11. The molecule has 2 aromatic heterocycles. The molecule has 0 saturated heterocycles. The van der Waals surface area contributed by atoms with E-state index >= 15 is 0 Å². The van der Waals surface area contributed by atoms with Crippen LogP contribution in [0.25, 0.3) is 11.6 Å². The Hall–Kier alpha value is -2.89. The fourth-order valence-electron chi connectivity index (χ4n) is 1.94. The standard InChI is InChI=1S/C16H15N3O3/c1-11-4-6-12(7-5-11)17-14(20)8-9-15-18-16(19-22-15)13-3-2-10-21-13/h2-7,10H,8-9H2,1H3,(H,17,20). The van der Waals surface area contributed by atoms with Crippen molar-refractivity contribution >= 4 is 11.6 Å². The quantitative estimate of drug-likeness (QED) is 0.782. The van der Waals surface area contributed by atoms with Crippen molar-refractivity contribution in [2.24, 2.45) is 0 Å². The normalized spacial score (nSPS) is 10.6. The molecule has 6 nitrogen and oxygen atoms in total. The number of anilines is 1. The number of nitrogens with zero attached hydrogens (tertiary/aromatic N) is 2. The molecule has 3 aromatic rings. The smallest absolute Gasteiger partial charge is 0.238 e. The van der Waals surface area contributed by atoms with Crippen LogP contribution in [0.15, 0.2) is 51.6 Å². The van der Waals surface area contributed by atoms with Crippen molar-refractivity contribution in [2.75, 3.05) is 5.32 Å². The molecule has 2 heterocycles. The zero-order valence-corrected chi connectivity index (χ0v) is 12.1. The highest BCUT2D eigenvalue weighted by atomic mass is 16.5. The number of hydrogen-bond acceptors (Lipinski definition) is 5. The van der Waals surface area contributed by atoms with Gasteiger partial charge in [-0.3, -0.25) is 4.79 Å². The van der Waals surface area contributed by atoms with Crippen LogP contribution in [0.2, 0.25) is 0 Å². The predicted molar refractivity (Wildman–Crippen MR) is 80.1 cm³/mol. The van der Waals surface area contributed by atoms with Gasteiger partial charge in [0.2, 0.25) is 17.6 Å². The molecule has 0 aliphatic heterocycles. The van der Waals surface area contributed by atoms with E-state index in [-0.39, 0.29) is 12.3 Å². The monoisotopic (exact) mass is 297 g/mol. The maximum absolute atomic E-state index is 11.9. The molecular weight excluding hydrogens is 282 g/mol. The average Bonchev–Trinajstić information content (AvgIpc) is 3.18. The van der Waals surface area contributed by atoms with Crippen molar-refractivity contribution in [1.82, 2.24) is 10.1 Å². The first-order valence-corrected chi connectivity index (χ1v) is 6.94. The van der Waals surface area contributed by atoms with Crippen LogP contribution >= 0.6 is 0 Å². The van der Waals surface area contributed by atoms with Crippen LogP contribution in [0, 0.1) is 6.92 Å². The molecule has 112 valence electrons. The fourth-order valence-corrected chi connectivity index (χ4v) is 1.94. The van der Waals surface area contributed by atoms with Gasteiger partial charge in [0, 0.05) is 18.5 Å². The fraction of sp³-hybridized carbons (Fsp3) is 0.188. The van der Waals surface area contributed by atoms with Gasteiger partial charge in [-0.1, -0.05) is 22.9 Å². The maximum atomic E-state index is 11.9. The van der Waals surface area contributed by atoms with Crippen LogP contribution < -0.4 is 5.32 Å². The minimum absolute atomic E-state index is 0.0957. The van der Waals surface area contributed by atoms with Gasteiger partial charge in [-0.15, -0.1) is 0 Å². The van der Waals surface area contributed by atoms with Crippen LogP contribution in [0.3, 0.4) is 0 Å². The molecule has 1 amide bonds. The van der Waals surface area contributed by atoms with Gasteiger partial charge >= 0.3 is 0 Å². The highest BCUT2D eigenvalue weighted by Gasteiger charge is 2.12. The van der Waals surface area contributed by atoms with E-state index in [9.17, 15) is 4.79 Å². The number of amides is 1. The first kappa shape index (κ1) is 14.1. The summed E-state index contributed by atoms with van der Waals surface area (Å²) in [5.41, 5.74) is 1.92. The van der Waals surface area contributed by atoms with Gasteiger partial charge in [-0.2, -0.15) is 4.98 Å². The Balaban J connectivity index is 1.54. The van der Waals surface area contributed by atoms with Crippen molar-refractivity contribution in [1.29, 1.82) is 0 Å². The Bertz CT molecular complexity index is 745. The molecule has 0 aliphatic rings. The van der Waals surface area contributed by atoms with E-state index in [1.165, 1.54) is 0 Å². The van der Waals surface area contributed by atoms with Crippen molar-refractivity contribution in [3.8, 4) is 11.6 Å². The molecule has 0 spiro atoms. The number of aryl methyl sites for hydroxylation is 2. The molecule has 0 saturated carbocycles. The number of rotatable bonds is 5. The Kier molecular flexibility index (Phi) is 4.00. The van der Waals surface area contributed by atoms with Crippen LogP contribution in [0.4, 0.5) is 5.69 Å². The molecule has 3 rings (SSSR count). The first-order valence-electron chi connectivity index (χ1n) is 6.94.